The summed E-state index contributed by atoms with van der Waals surface area (Å²) in [6.07, 6.45) is 9.82. The van der Waals surface area contributed by atoms with Crippen LogP contribution < -0.4 is 11.1 Å². The van der Waals surface area contributed by atoms with E-state index in [2.05, 4.69) is 15.3 Å². The molecule has 0 bridgehead atoms. The number of rotatable bonds is 4. The van der Waals surface area contributed by atoms with Crippen LogP contribution in [0.3, 0.4) is 0 Å². The van der Waals surface area contributed by atoms with Crippen molar-refractivity contribution in [1.29, 1.82) is 0 Å². The number of hydrogen-bond donors (Lipinski definition) is 3. The van der Waals surface area contributed by atoms with Crippen molar-refractivity contribution < 1.29 is 4.79 Å². The van der Waals surface area contributed by atoms with E-state index in [1.165, 1.54) is 12.8 Å². The molecule has 0 unspecified atom stereocenters. The smallest absolute Gasteiger partial charge is 0.227 e. The maximum absolute atomic E-state index is 12.4. The van der Waals surface area contributed by atoms with E-state index in [-0.39, 0.29) is 11.3 Å². The zero-order valence-electron chi connectivity index (χ0n) is 10.7. The largest absolute Gasteiger partial charge is 0.350 e. The summed E-state index contributed by atoms with van der Waals surface area (Å²) in [5.41, 5.74) is 6.45. The minimum Gasteiger partial charge on any atom is -0.350 e. The van der Waals surface area contributed by atoms with Crippen molar-refractivity contribution in [3.8, 4) is 0 Å². The van der Waals surface area contributed by atoms with Gasteiger partial charge < -0.3 is 16.0 Å². The first-order valence-electron chi connectivity index (χ1n) is 6.72. The molecule has 1 amide bonds. The van der Waals surface area contributed by atoms with Gasteiger partial charge in [-0.05, 0) is 12.8 Å². The van der Waals surface area contributed by atoms with Crippen molar-refractivity contribution in [1.82, 2.24) is 15.3 Å². The molecule has 0 radical (unpaired) electrons. The van der Waals surface area contributed by atoms with Gasteiger partial charge in [0.05, 0.1) is 24.0 Å². The molecular weight excluding hydrogens is 228 g/mol. The SMILES string of the molecule is NCC1(C(=O)NCc2cnc[nH]2)CCCCCC1. The number of H-pyrrole nitrogens is 1. The summed E-state index contributed by atoms with van der Waals surface area (Å²) < 4.78 is 0. The van der Waals surface area contributed by atoms with Gasteiger partial charge in [0.2, 0.25) is 5.91 Å². The fourth-order valence-corrected chi connectivity index (χ4v) is 2.67. The summed E-state index contributed by atoms with van der Waals surface area (Å²) >= 11 is 0. The zero-order chi connectivity index (χ0) is 12.8. The Balaban J connectivity index is 1.95. The van der Waals surface area contributed by atoms with Crippen LogP contribution in [-0.2, 0) is 11.3 Å². The molecule has 1 aliphatic rings. The number of nitrogens with zero attached hydrogens (tertiary/aromatic N) is 1. The average Bonchev–Trinajstić information content (AvgIpc) is 2.79. The summed E-state index contributed by atoms with van der Waals surface area (Å²) in [6.45, 7) is 0.947. The molecule has 1 aliphatic carbocycles. The van der Waals surface area contributed by atoms with E-state index in [4.69, 9.17) is 5.73 Å². The average molecular weight is 250 g/mol. The lowest BCUT2D eigenvalue weighted by molar-refractivity contribution is -0.131. The first kappa shape index (κ1) is 13.1. The van der Waals surface area contributed by atoms with E-state index in [0.717, 1.165) is 31.4 Å². The molecule has 18 heavy (non-hydrogen) atoms. The molecule has 0 aliphatic heterocycles. The number of aromatic nitrogens is 2. The number of aromatic amines is 1. The van der Waals surface area contributed by atoms with E-state index >= 15 is 0 Å². The van der Waals surface area contributed by atoms with Crippen molar-refractivity contribution in [2.24, 2.45) is 11.1 Å². The number of carbonyl (C=O) groups is 1. The summed E-state index contributed by atoms with van der Waals surface area (Å²) in [5, 5.41) is 2.98. The Kier molecular flexibility index (Phi) is 4.36. The van der Waals surface area contributed by atoms with Crippen LogP contribution in [0.1, 0.15) is 44.2 Å². The quantitative estimate of drug-likeness (QED) is 0.705. The molecule has 1 heterocycles. The highest BCUT2D eigenvalue weighted by atomic mass is 16.2. The van der Waals surface area contributed by atoms with E-state index in [1.54, 1.807) is 12.5 Å². The third-order valence-electron chi connectivity index (χ3n) is 3.93. The van der Waals surface area contributed by atoms with Crippen LogP contribution in [0.5, 0.6) is 0 Å². The highest BCUT2D eigenvalue weighted by Gasteiger charge is 2.36. The maximum Gasteiger partial charge on any atom is 0.227 e. The summed E-state index contributed by atoms with van der Waals surface area (Å²) in [5.74, 6) is 0.0986. The van der Waals surface area contributed by atoms with Gasteiger partial charge in [-0.1, -0.05) is 25.7 Å². The normalized spacial score (nSPS) is 19.2. The lowest BCUT2D eigenvalue weighted by atomic mass is 9.79. The predicted octanol–water partition coefficient (Wildman–Crippen LogP) is 1.33. The second-order valence-electron chi connectivity index (χ2n) is 5.16. The van der Waals surface area contributed by atoms with Crippen LogP contribution in [0, 0.1) is 5.41 Å². The van der Waals surface area contributed by atoms with Crippen molar-refractivity contribution in [2.45, 2.75) is 45.1 Å². The maximum atomic E-state index is 12.4. The van der Waals surface area contributed by atoms with Gasteiger partial charge in [-0.2, -0.15) is 0 Å². The Morgan fingerprint density at radius 3 is 2.67 bits per heavy atom. The highest BCUT2D eigenvalue weighted by molar-refractivity contribution is 5.82. The van der Waals surface area contributed by atoms with Gasteiger partial charge in [-0.25, -0.2) is 4.98 Å². The highest BCUT2D eigenvalue weighted by Crippen LogP contribution is 2.34. The van der Waals surface area contributed by atoms with Crippen LogP contribution in [-0.4, -0.2) is 22.4 Å². The molecule has 0 spiro atoms. The van der Waals surface area contributed by atoms with Crippen LogP contribution in [0.4, 0.5) is 0 Å². The number of amides is 1. The topological polar surface area (TPSA) is 83.8 Å². The first-order chi connectivity index (χ1) is 8.77. The molecule has 0 aromatic carbocycles. The van der Waals surface area contributed by atoms with Crippen LogP contribution >= 0.6 is 0 Å². The number of nitrogens with one attached hydrogen (secondary N) is 2. The van der Waals surface area contributed by atoms with Crippen molar-refractivity contribution >= 4 is 5.91 Å². The zero-order valence-corrected chi connectivity index (χ0v) is 10.7. The molecule has 5 nitrogen and oxygen atoms in total. The van der Waals surface area contributed by atoms with Gasteiger partial charge in [-0.3, -0.25) is 4.79 Å². The molecule has 1 aromatic rings. The summed E-state index contributed by atoms with van der Waals surface area (Å²) in [4.78, 5) is 19.3. The van der Waals surface area contributed by atoms with Gasteiger partial charge in [-0.15, -0.1) is 0 Å². The fourth-order valence-electron chi connectivity index (χ4n) is 2.67. The Labute approximate surface area is 108 Å². The molecule has 0 saturated heterocycles. The van der Waals surface area contributed by atoms with Gasteiger partial charge in [0.15, 0.2) is 0 Å². The number of hydrogen-bond acceptors (Lipinski definition) is 3. The second-order valence-corrected chi connectivity index (χ2v) is 5.16. The first-order valence-corrected chi connectivity index (χ1v) is 6.72. The van der Waals surface area contributed by atoms with E-state index < -0.39 is 0 Å². The predicted molar refractivity (Wildman–Crippen MR) is 69.6 cm³/mol. The van der Waals surface area contributed by atoms with Gasteiger partial charge >= 0.3 is 0 Å². The summed E-state index contributed by atoms with van der Waals surface area (Å²) in [6, 6.07) is 0. The summed E-state index contributed by atoms with van der Waals surface area (Å²) in [7, 11) is 0. The molecule has 4 N–H and O–H groups in total. The third-order valence-corrected chi connectivity index (χ3v) is 3.93. The fraction of sp³-hybridized carbons (Fsp3) is 0.692. The van der Waals surface area contributed by atoms with Gasteiger partial charge in [0.1, 0.15) is 0 Å². The number of nitrogens with two attached hydrogens (primary N) is 1. The molecule has 100 valence electrons. The minimum absolute atomic E-state index is 0.0986. The van der Waals surface area contributed by atoms with Crippen molar-refractivity contribution in [3.63, 3.8) is 0 Å². The molecular formula is C13H22N4O. The lowest BCUT2D eigenvalue weighted by Gasteiger charge is -2.29. The monoisotopic (exact) mass is 250 g/mol. The molecule has 1 saturated carbocycles. The molecule has 1 aromatic heterocycles. The Hall–Kier alpha value is -1.36. The molecule has 2 rings (SSSR count). The van der Waals surface area contributed by atoms with E-state index in [0.29, 0.717) is 13.1 Å². The second kappa shape index (κ2) is 6.00. The Morgan fingerprint density at radius 1 is 1.39 bits per heavy atom. The molecule has 5 heteroatoms. The van der Waals surface area contributed by atoms with E-state index in [1.807, 2.05) is 0 Å². The lowest BCUT2D eigenvalue weighted by Crippen LogP contribution is -2.45. The third kappa shape index (κ3) is 2.90. The van der Waals surface area contributed by atoms with E-state index in [9.17, 15) is 4.79 Å². The molecule has 1 fully saturated rings. The van der Waals surface area contributed by atoms with Gasteiger partial charge in [0.25, 0.3) is 0 Å². The number of carbonyl (C=O) groups excluding carboxylic acids is 1. The van der Waals surface area contributed by atoms with Gasteiger partial charge in [0, 0.05) is 12.7 Å². The van der Waals surface area contributed by atoms with Crippen LogP contribution in [0.15, 0.2) is 12.5 Å². The van der Waals surface area contributed by atoms with Crippen molar-refractivity contribution in [3.05, 3.63) is 18.2 Å². The Bertz CT molecular complexity index is 366. The standard InChI is InChI=1S/C13H22N4O/c14-9-13(5-3-1-2-4-6-13)12(18)16-8-11-7-15-10-17-11/h7,10H,1-6,8-9,14H2,(H,15,17)(H,16,18). The van der Waals surface area contributed by atoms with Crippen LogP contribution in [0.2, 0.25) is 0 Å². The number of imidazole rings is 1. The Morgan fingerprint density at radius 2 is 2.11 bits per heavy atom. The van der Waals surface area contributed by atoms with Crippen molar-refractivity contribution in [2.75, 3.05) is 6.54 Å². The minimum atomic E-state index is -0.351. The van der Waals surface area contributed by atoms with Crippen LogP contribution in [0.25, 0.3) is 0 Å². The molecule has 0 atom stereocenters.